The van der Waals surface area contributed by atoms with Crippen LogP contribution in [-0.4, -0.2) is 64.4 Å². The zero-order chi connectivity index (χ0) is 15.9. The molecule has 0 spiro atoms. The highest BCUT2D eigenvalue weighted by atomic mass is 32.2. The van der Waals surface area contributed by atoms with Crippen molar-refractivity contribution in [2.75, 3.05) is 13.1 Å². The zero-order valence-electron chi connectivity index (χ0n) is 11.1. The van der Waals surface area contributed by atoms with Gasteiger partial charge in [0, 0.05) is 13.1 Å². The molecule has 0 aliphatic carbocycles. The number of phenols is 1. The van der Waals surface area contributed by atoms with E-state index in [-0.39, 0.29) is 23.5 Å². The Morgan fingerprint density at radius 3 is 2.24 bits per heavy atom. The van der Waals surface area contributed by atoms with E-state index in [9.17, 15) is 28.5 Å². The molecule has 4 N–H and O–H groups in total. The predicted molar refractivity (Wildman–Crippen MR) is 70.6 cm³/mol. The summed E-state index contributed by atoms with van der Waals surface area (Å²) in [5.74, 6) is -1.98. The van der Waals surface area contributed by atoms with Crippen molar-refractivity contribution in [1.82, 2.24) is 4.31 Å². The monoisotopic (exact) mass is 317 g/mol. The highest BCUT2D eigenvalue weighted by molar-refractivity contribution is 7.89. The number of carboxylic acid groups (broad SMARTS) is 1. The summed E-state index contributed by atoms with van der Waals surface area (Å²) in [5, 5.41) is 37.4. The van der Waals surface area contributed by atoms with Gasteiger partial charge in [-0.2, -0.15) is 4.31 Å². The number of sulfonamides is 1. The summed E-state index contributed by atoms with van der Waals surface area (Å²) in [4.78, 5) is 10.7. The molecular formula is C12H15NO7S. The van der Waals surface area contributed by atoms with Crippen LogP contribution < -0.4 is 0 Å². The molecule has 1 aromatic rings. The molecule has 1 fully saturated rings. The molecule has 0 aromatic heterocycles. The van der Waals surface area contributed by atoms with Crippen molar-refractivity contribution in [2.45, 2.75) is 24.0 Å². The summed E-state index contributed by atoms with van der Waals surface area (Å²) in [7, 11) is -4.07. The molecule has 2 rings (SSSR count). The molecule has 8 nitrogen and oxygen atoms in total. The van der Waals surface area contributed by atoms with Gasteiger partial charge in [-0.3, -0.25) is 0 Å². The molecule has 1 aromatic carbocycles. The fourth-order valence-electron chi connectivity index (χ4n) is 2.19. The molecule has 116 valence electrons. The van der Waals surface area contributed by atoms with Crippen LogP contribution in [0.2, 0.25) is 0 Å². The maximum Gasteiger partial charge on any atom is 0.339 e. The number of rotatable bonds is 3. The number of benzene rings is 1. The van der Waals surface area contributed by atoms with Gasteiger partial charge in [-0.25, -0.2) is 13.2 Å². The minimum atomic E-state index is -4.07. The summed E-state index contributed by atoms with van der Waals surface area (Å²) in [5.41, 5.74) is -0.354. The quantitative estimate of drug-likeness (QED) is 0.568. The summed E-state index contributed by atoms with van der Waals surface area (Å²) in [6, 6.07) is 1.93. The third kappa shape index (κ3) is 2.72. The highest BCUT2D eigenvalue weighted by Crippen LogP contribution is 2.29. The van der Waals surface area contributed by atoms with E-state index in [1.807, 2.05) is 0 Å². The van der Waals surface area contributed by atoms with Crippen molar-refractivity contribution in [3.05, 3.63) is 23.3 Å². The van der Waals surface area contributed by atoms with Gasteiger partial charge in [0.25, 0.3) is 0 Å². The first-order chi connectivity index (χ1) is 9.64. The molecule has 9 heteroatoms. The minimum Gasteiger partial charge on any atom is -0.507 e. The molecule has 0 saturated carbocycles. The lowest BCUT2D eigenvalue weighted by Crippen LogP contribution is -2.30. The van der Waals surface area contributed by atoms with Gasteiger partial charge in [0.1, 0.15) is 11.3 Å². The SMILES string of the molecule is Cc1cc(O)c(C(=O)O)cc1S(=O)(=O)N1CC(O)C(O)C1. The van der Waals surface area contributed by atoms with Gasteiger partial charge in [0.2, 0.25) is 10.0 Å². The van der Waals surface area contributed by atoms with Crippen LogP contribution >= 0.6 is 0 Å². The molecule has 1 heterocycles. The van der Waals surface area contributed by atoms with Crippen LogP contribution in [0.25, 0.3) is 0 Å². The Kier molecular flexibility index (Phi) is 3.93. The molecule has 2 atom stereocenters. The average Bonchev–Trinajstić information content (AvgIpc) is 2.69. The second kappa shape index (κ2) is 5.26. The maximum absolute atomic E-state index is 12.5. The third-order valence-corrected chi connectivity index (χ3v) is 5.34. The van der Waals surface area contributed by atoms with E-state index >= 15 is 0 Å². The first kappa shape index (κ1) is 15.7. The van der Waals surface area contributed by atoms with E-state index in [2.05, 4.69) is 0 Å². The Labute approximate surface area is 120 Å². The fraction of sp³-hybridized carbons (Fsp3) is 0.417. The summed E-state index contributed by atoms with van der Waals surface area (Å²) in [6.45, 7) is 0.875. The number of β-amino-alcohol motifs (C(OH)–C–C–N with tert-alkyl or cyclic N) is 2. The van der Waals surface area contributed by atoms with Crippen LogP contribution in [0.15, 0.2) is 17.0 Å². The molecular weight excluding hydrogens is 302 g/mol. The molecule has 2 unspecified atom stereocenters. The molecule has 0 radical (unpaired) electrons. The highest BCUT2D eigenvalue weighted by Gasteiger charge is 2.38. The Balaban J connectivity index is 2.50. The number of nitrogens with zero attached hydrogens (tertiary/aromatic N) is 1. The molecule has 0 amide bonds. The smallest absolute Gasteiger partial charge is 0.339 e. The minimum absolute atomic E-state index is 0.174. The van der Waals surface area contributed by atoms with Gasteiger partial charge in [-0.05, 0) is 24.6 Å². The number of hydrogen-bond acceptors (Lipinski definition) is 6. The normalized spacial score (nSPS) is 23.4. The molecule has 0 bridgehead atoms. The number of aromatic carboxylic acids is 1. The molecule has 1 saturated heterocycles. The molecule has 1 aliphatic rings. The van der Waals surface area contributed by atoms with Crippen LogP contribution in [-0.2, 0) is 10.0 Å². The Bertz CT molecular complexity index is 675. The number of hydrogen-bond donors (Lipinski definition) is 4. The van der Waals surface area contributed by atoms with Crippen molar-refractivity contribution in [3.63, 3.8) is 0 Å². The second-order valence-corrected chi connectivity index (χ2v) is 6.80. The van der Waals surface area contributed by atoms with Crippen molar-refractivity contribution >= 4 is 16.0 Å². The lowest BCUT2D eigenvalue weighted by Gasteiger charge is -2.18. The summed E-state index contributed by atoms with van der Waals surface area (Å²) >= 11 is 0. The summed E-state index contributed by atoms with van der Waals surface area (Å²) in [6.07, 6.45) is -2.37. The molecule has 21 heavy (non-hydrogen) atoms. The van der Waals surface area contributed by atoms with Crippen molar-refractivity contribution in [1.29, 1.82) is 0 Å². The van der Waals surface area contributed by atoms with Crippen LogP contribution in [0.5, 0.6) is 5.75 Å². The standard InChI is InChI=1S/C12H15NO7S/c1-6-2-8(14)7(12(17)18)3-11(6)21(19,20)13-4-9(15)10(16)5-13/h2-3,9-10,14-16H,4-5H2,1H3,(H,17,18). The van der Waals surface area contributed by atoms with Gasteiger partial charge >= 0.3 is 5.97 Å². The van der Waals surface area contributed by atoms with E-state index < -0.39 is 39.5 Å². The zero-order valence-corrected chi connectivity index (χ0v) is 11.9. The number of aromatic hydroxyl groups is 1. The number of carboxylic acids is 1. The number of carbonyl (C=O) groups is 1. The van der Waals surface area contributed by atoms with Crippen molar-refractivity contribution in [3.8, 4) is 5.75 Å². The van der Waals surface area contributed by atoms with Gasteiger partial charge in [0.05, 0.1) is 17.1 Å². The Morgan fingerprint density at radius 1 is 1.24 bits per heavy atom. The van der Waals surface area contributed by atoms with Gasteiger partial charge in [0.15, 0.2) is 0 Å². The van der Waals surface area contributed by atoms with E-state index in [1.54, 1.807) is 0 Å². The largest absolute Gasteiger partial charge is 0.507 e. The number of aliphatic hydroxyl groups is 2. The fourth-order valence-corrected chi connectivity index (χ4v) is 3.90. The lowest BCUT2D eigenvalue weighted by molar-refractivity contribution is 0.0572. The first-order valence-electron chi connectivity index (χ1n) is 6.07. The van der Waals surface area contributed by atoms with Gasteiger partial charge in [-0.15, -0.1) is 0 Å². The first-order valence-corrected chi connectivity index (χ1v) is 7.51. The van der Waals surface area contributed by atoms with Crippen LogP contribution in [0, 0.1) is 6.92 Å². The topological polar surface area (TPSA) is 135 Å². The van der Waals surface area contributed by atoms with E-state index in [0.29, 0.717) is 0 Å². The van der Waals surface area contributed by atoms with Crippen LogP contribution in [0.1, 0.15) is 15.9 Å². The van der Waals surface area contributed by atoms with Gasteiger partial charge in [-0.1, -0.05) is 0 Å². The van der Waals surface area contributed by atoms with E-state index in [4.69, 9.17) is 5.11 Å². The van der Waals surface area contributed by atoms with E-state index in [1.165, 1.54) is 6.92 Å². The molecule has 1 aliphatic heterocycles. The Morgan fingerprint density at radius 2 is 1.76 bits per heavy atom. The lowest BCUT2D eigenvalue weighted by atomic mass is 10.1. The Hall–Kier alpha value is -1.68. The second-order valence-electron chi connectivity index (χ2n) is 4.90. The van der Waals surface area contributed by atoms with Crippen molar-refractivity contribution in [2.24, 2.45) is 0 Å². The van der Waals surface area contributed by atoms with Crippen LogP contribution in [0.4, 0.5) is 0 Å². The van der Waals surface area contributed by atoms with Crippen molar-refractivity contribution < 1.29 is 33.6 Å². The van der Waals surface area contributed by atoms with Gasteiger partial charge < -0.3 is 20.4 Å². The van der Waals surface area contributed by atoms with Crippen LogP contribution in [0.3, 0.4) is 0 Å². The number of aryl methyl sites for hydroxylation is 1. The predicted octanol–water partition coefficient (Wildman–Crippen LogP) is -0.875. The maximum atomic E-state index is 12.5. The number of aliphatic hydroxyl groups excluding tert-OH is 2. The summed E-state index contributed by atoms with van der Waals surface area (Å²) < 4.78 is 25.8. The average molecular weight is 317 g/mol. The third-order valence-electron chi connectivity index (χ3n) is 3.37. The van der Waals surface area contributed by atoms with E-state index in [0.717, 1.165) is 16.4 Å².